The first-order valence-electron chi connectivity index (χ1n) is 8.57. The lowest BCUT2D eigenvalue weighted by Gasteiger charge is -2.13. The summed E-state index contributed by atoms with van der Waals surface area (Å²) in [6, 6.07) is 20.7. The van der Waals surface area contributed by atoms with Gasteiger partial charge in [-0.05, 0) is 66.3 Å². The molecule has 0 unspecified atom stereocenters. The number of carboxylic acids is 1. The number of aliphatic carboxylic acids is 1. The molecule has 26 heavy (non-hydrogen) atoms. The van der Waals surface area contributed by atoms with Crippen LogP contribution in [0.25, 0.3) is 22.3 Å². The van der Waals surface area contributed by atoms with Gasteiger partial charge in [0.2, 0.25) is 0 Å². The second-order valence-electron chi connectivity index (χ2n) is 6.56. The number of ether oxygens (including phenoxy) is 1. The van der Waals surface area contributed by atoms with E-state index in [1.54, 1.807) is 0 Å². The minimum absolute atomic E-state index is 0.330. The largest absolute Gasteiger partial charge is 0.482 e. The van der Waals surface area contributed by atoms with Crippen molar-refractivity contribution in [3.05, 3.63) is 77.4 Å². The molecular weight excluding hydrogens is 324 g/mol. The molecule has 3 aromatic rings. The van der Waals surface area contributed by atoms with Gasteiger partial charge in [0, 0.05) is 0 Å². The van der Waals surface area contributed by atoms with Gasteiger partial charge in [-0.2, -0.15) is 0 Å². The molecule has 0 bridgehead atoms. The third kappa shape index (κ3) is 3.94. The molecule has 0 aliphatic heterocycles. The first kappa shape index (κ1) is 17.7. The van der Waals surface area contributed by atoms with Gasteiger partial charge in [0.15, 0.2) is 6.61 Å². The van der Waals surface area contributed by atoms with Gasteiger partial charge in [-0.25, -0.2) is 4.79 Å². The van der Waals surface area contributed by atoms with E-state index in [4.69, 9.17) is 9.84 Å². The molecule has 0 amide bonds. The van der Waals surface area contributed by atoms with Crippen molar-refractivity contribution in [1.29, 1.82) is 0 Å². The van der Waals surface area contributed by atoms with Crippen molar-refractivity contribution in [2.24, 2.45) is 0 Å². The summed E-state index contributed by atoms with van der Waals surface area (Å²) in [5, 5.41) is 8.72. The fourth-order valence-corrected chi connectivity index (χ4v) is 3.16. The number of carboxylic acid groups (broad SMARTS) is 1. The Labute approximate surface area is 153 Å². The molecule has 3 rings (SSSR count). The van der Waals surface area contributed by atoms with Crippen molar-refractivity contribution in [3.8, 4) is 28.0 Å². The highest BCUT2D eigenvalue weighted by Crippen LogP contribution is 2.31. The van der Waals surface area contributed by atoms with Crippen LogP contribution in [-0.2, 0) is 4.79 Å². The van der Waals surface area contributed by atoms with Crippen LogP contribution in [0.3, 0.4) is 0 Å². The normalized spacial score (nSPS) is 10.6. The van der Waals surface area contributed by atoms with E-state index in [-0.39, 0.29) is 6.61 Å². The Morgan fingerprint density at radius 1 is 0.846 bits per heavy atom. The summed E-state index contributed by atoms with van der Waals surface area (Å²) in [5.41, 5.74) is 8.24. The van der Waals surface area contributed by atoms with Crippen LogP contribution >= 0.6 is 0 Å². The van der Waals surface area contributed by atoms with Crippen LogP contribution in [0.4, 0.5) is 0 Å². The highest BCUT2D eigenvalue weighted by atomic mass is 16.5. The van der Waals surface area contributed by atoms with Crippen LogP contribution in [0, 0.1) is 20.8 Å². The van der Waals surface area contributed by atoms with Crippen molar-refractivity contribution >= 4 is 5.97 Å². The second kappa shape index (κ2) is 7.44. The Morgan fingerprint density at radius 2 is 1.50 bits per heavy atom. The lowest BCUT2D eigenvalue weighted by Crippen LogP contribution is -2.09. The number of benzene rings is 3. The number of hydrogen-bond acceptors (Lipinski definition) is 2. The Balaban J connectivity index is 1.90. The first-order valence-corrected chi connectivity index (χ1v) is 8.57. The molecule has 3 aromatic carbocycles. The standard InChI is InChI=1S/C23H22O3/c1-15-5-4-6-18(11-15)21-9-7-19(12-16(21)2)22-10-8-20(13-17(22)3)26-14-23(24)25/h4-13H,14H2,1-3H3,(H,24,25). The topological polar surface area (TPSA) is 46.5 Å². The van der Waals surface area contributed by atoms with Crippen molar-refractivity contribution < 1.29 is 14.6 Å². The molecule has 0 aliphatic rings. The van der Waals surface area contributed by atoms with E-state index in [1.807, 2.05) is 25.1 Å². The van der Waals surface area contributed by atoms with Gasteiger partial charge >= 0.3 is 5.97 Å². The average Bonchev–Trinajstić information content (AvgIpc) is 2.60. The van der Waals surface area contributed by atoms with E-state index < -0.39 is 5.97 Å². The van der Waals surface area contributed by atoms with Crippen molar-refractivity contribution in [2.45, 2.75) is 20.8 Å². The van der Waals surface area contributed by atoms with Crippen LogP contribution < -0.4 is 4.74 Å². The number of carbonyl (C=O) groups is 1. The quantitative estimate of drug-likeness (QED) is 0.672. The summed E-state index contributed by atoms with van der Waals surface area (Å²) < 4.78 is 5.25. The Kier molecular flexibility index (Phi) is 5.08. The highest BCUT2D eigenvalue weighted by molar-refractivity contribution is 5.75. The van der Waals surface area contributed by atoms with E-state index in [1.165, 1.54) is 22.3 Å². The SMILES string of the molecule is Cc1cccc(-c2ccc(-c3ccc(OCC(=O)O)cc3C)cc2C)c1. The van der Waals surface area contributed by atoms with E-state index in [2.05, 4.69) is 56.3 Å². The molecule has 1 N–H and O–H groups in total. The van der Waals surface area contributed by atoms with Crippen molar-refractivity contribution in [3.63, 3.8) is 0 Å². The third-order valence-electron chi connectivity index (χ3n) is 4.43. The summed E-state index contributed by atoms with van der Waals surface area (Å²) >= 11 is 0. The Bertz CT molecular complexity index is 957. The Hall–Kier alpha value is -3.07. The summed E-state index contributed by atoms with van der Waals surface area (Å²) in [6.45, 7) is 5.90. The predicted molar refractivity (Wildman–Crippen MR) is 105 cm³/mol. The fourth-order valence-electron chi connectivity index (χ4n) is 3.16. The molecule has 0 spiro atoms. The molecule has 0 fully saturated rings. The minimum Gasteiger partial charge on any atom is -0.482 e. The molecule has 0 radical (unpaired) electrons. The monoisotopic (exact) mass is 346 g/mol. The van der Waals surface area contributed by atoms with Gasteiger partial charge in [0.1, 0.15) is 5.75 Å². The van der Waals surface area contributed by atoms with Crippen LogP contribution in [-0.4, -0.2) is 17.7 Å². The average molecular weight is 346 g/mol. The van der Waals surface area contributed by atoms with Crippen molar-refractivity contribution in [1.82, 2.24) is 0 Å². The summed E-state index contributed by atoms with van der Waals surface area (Å²) in [4.78, 5) is 10.6. The maximum Gasteiger partial charge on any atom is 0.341 e. The van der Waals surface area contributed by atoms with E-state index in [9.17, 15) is 4.79 Å². The zero-order chi connectivity index (χ0) is 18.7. The van der Waals surface area contributed by atoms with Crippen LogP contribution in [0.5, 0.6) is 5.75 Å². The second-order valence-corrected chi connectivity index (χ2v) is 6.56. The van der Waals surface area contributed by atoms with E-state index >= 15 is 0 Å². The minimum atomic E-state index is -0.978. The zero-order valence-electron chi connectivity index (χ0n) is 15.2. The number of hydrogen-bond donors (Lipinski definition) is 1. The molecule has 0 atom stereocenters. The van der Waals surface area contributed by atoms with Gasteiger partial charge < -0.3 is 9.84 Å². The summed E-state index contributed by atoms with van der Waals surface area (Å²) in [6.07, 6.45) is 0. The Morgan fingerprint density at radius 3 is 2.12 bits per heavy atom. The lowest BCUT2D eigenvalue weighted by molar-refractivity contribution is -0.139. The van der Waals surface area contributed by atoms with Crippen LogP contribution in [0.2, 0.25) is 0 Å². The van der Waals surface area contributed by atoms with Gasteiger partial charge in [0.05, 0.1) is 0 Å². The lowest BCUT2D eigenvalue weighted by atomic mass is 9.93. The molecule has 3 nitrogen and oxygen atoms in total. The summed E-state index contributed by atoms with van der Waals surface area (Å²) in [7, 11) is 0. The van der Waals surface area contributed by atoms with Crippen molar-refractivity contribution in [2.75, 3.05) is 6.61 Å². The number of rotatable bonds is 5. The van der Waals surface area contributed by atoms with Gasteiger partial charge in [0.25, 0.3) is 0 Å². The first-order chi connectivity index (χ1) is 12.4. The summed E-state index contributed by atoms with van der Waals surface area (Å²) in [5.74, 6) is -0.407. The predicted octanol–water partition coefficient (Wildman–Crippen LogP) is 5.41. The molecule has 3 heteroatoms. The molecule has 0 saturated carbocycles. The van der Waals surface area contributed by atoms with E-state index in [0.29, 0.717) is 5.75 Å². The smallest absolute Gasteiger partial charge is 0.341 e. The van der Waals surface area contributed by atoms with E-state index in [0.717, 1.165) is 16.7 Å². The van der Waals surface area contributed by atoms with Crippen LogP contribution in [0.1, 0.15) is 16.7 Å². The molecule has 132 valence electrons. The molecular formula is C23H22O3. The molecule has 0 aliphatic carbocycles. The highest BCUT2D eigenvalue weighted by Gasteiger charge is 2.08. The molecule has 0 aromatic heterocycles. The zero-order valence-corrected chi connectivity index (χ0v) is 15.2. The van der Waals surface area contributed by atoms with Crippen LogP contribution in [0.15, 0.2) is 60.7 Å². The maximum atomic E-state index is 10.6. The van der Waals surface area contributed by atoms with Gasteiger partial charge in [-0.1, -0.05) is 54.1 Å². The maximum absolute atomic E-state index is 10.6. The molecule has 0 heterocycles. The molecule has 0 saturated heterocycles. The van der Waals surface area contributed by atoms with Gasteiger partial charge in [-0.15, -0.1) is 0 Å². The fraction of sp³-hybridized carbons (Fsp3) is 0.174. The number of aryl methyl sites for hydroxylation is 3. The van der Waals surface area contributed by atoms with Gasteiger partial charge in [-0.3, -0.25) is 0 Å². The third-order valence-corrected chi connectivity index (χ3v) is 4.43.